The van der Waals surface area contributed by atoms with Crippen LogP contribution in [-0.2, 0) is 30.7 Å². The second-order valence-electron chi connectivity index (χ2n) is 20.7. The van der Waals surface area contributed by atoms with Crippen molar-refractivity contribution in [2.75, 3.05) is 13.2 Å². The molecule has 0 bridgehead atoms. The van der Waals surface area contributed by atoms with Crippen molar-refractivity contribution < 1.29 is 53.4 Å². The number of phenolic OH excluding ortho intramolecular Hbond substituents is 2. The van der Waals surface area contributed by atoms with Crippen LogP contribution in [0.2, 0.25) is 0 Å². The number of amides is 2. The third-order valence-corrected chi connectivity index (χ3v) is 14.6. The van der Waals surface area contributed by atoms with E-state index in [0.29, 0.717) is 71.4 Å². The van der Waals surface area contributed by atoms with Crippen LogP contribution in [0.25, 0.3) is 0 Å². The number of aliphatic hydroxyl groups excluding tert-OH is 2. The number of hydrogen-bond donors (Lipinski definition) is 4. The topological polar surface area (TPSA) is 192 Å². The summed E-state index contributed by atoms with van der Waals surface area (Å²) in [7, 11) is 0. The number of carbonyl (C=O) groups excluding carboxylic acids is 3. The molecule has 2 amide bonds. The minimum absolute atomic E-state index is 0.0483. The second kappa shape index (κ2) is 21.6. The van der Waals surface area contributed by atoms with E-state index in [9.17, 15) is 34.8 Å². The van der Waals surface area contributed by atoms with Crippen LogP contribution in [0.4, 0.5) is 0 Å². The van der Waals surface area contributed by atoms with E-state index in [1.165, 1.54) is 34.4 Å². The van der Waals surface area contributed by atoms with Gasteiger partial charge in [-0.05, 0) is 139 Å². The molecule has 378 valence electrons. The average molecular weight is 964 g/mol. The van der Waals surface area contributed by atoms with Crippen LogP contribution in [-0.4, -0.2) is 89.6 Å². The number of nitrogens with zero attached hydrogens (tertiary/aromatic N) is 3. The normalized spacial score (nSPS) is 22.2. The molecule has 0 unspecified atom stereocenters. The first-order valence-electron chi connectivity index (χ1n) is 25.0. The van der Waals surface area contributed by atoms with Crippen molar-refractivity contribution >= 4 is 17.8 Å². The first-order chi connectivity index (χ1) is 33.2. The van der Waals surface area contributed by atoms with Crippen LogP contribution in [0.3, 0.4) is 0 Å². The van der Waals surface area contributed by atoms with Crippen LogP contribution >= 0.6 is 0 Å². The number of phenols is 2. The maximum atomic E-state index is 14.6. The van der Waals surface area contributed by atoms with Crippen molar-refractivity contribution in [2.24, 2.45) is 0 Å². The lowest BCUT2D eigenvalue weighted by molar-refractivity contribution is -0.0599. The fourth-order valence-electron chi connectivity index (χ4n) is 10.3. The van der Waals surface area contributed by atoms with E-state index in [0.717, 1.165) is 32.1 Å². The SMILES string of the molecule is CCOC(=O)c1ncoc1[C@H](CCCN1Cc2c(cc(O)c3c2O[C@](C)(CC/C=C(\C)CCC=C(C)C)[C@@H](O)C3)C1=O)N1Cc2c(cc(O)c3c2O[C@](C)(CC/C=C(\C)CCC=C(C)C)[C@@H](O)C3)C1=O. The van der Waals surface area contributed by atoms with Gasteiger partial charge in [-0.15, -0.1) is 0 Å². The third-order valence-electron chi connectivity index (χ3n) is 14.6. The van der Waals surface area contributed by atoms with Crippen LogP contribution in [0.5, 0.6) is 23.0 Å². The second-order valence-corrected chi connectivity index (χ2v) is 20.7. The van der Waals surface area contributed by atoms with Crippen LogP contribution < -0.4 is 9.47 Å². The van der Waals surface area contributed by atoms with Gasteiger partial charge in [0.2, 0.25) is 0 Å². The Morgan fingerprint density at radius 2 is 1.29 bits per heavy atom. The van der Waals surface area contributed by atoms with E-state index >= 15 is 0 Å². The monoisotopic (exact) mass is 964 g/mol. The number of fused-ring (bicyclic) bond motifs is 6. The molecule has 14 heteroatoms. The zero-order valence-corrected chi connectivity index (χ0v) is 42.6. The fraction of sp³-hybridized carbons (Fsp3) is 0.536. The molecule has 0 radical (unpaired) electrons. The zero-order chi connectivity index (χ0) is 50.7. The van der Waals surface area contributed by atoms with Gasteiger partial charge in [0.25, 0.3) is 11.8 Å². The van der Waals surface area contributed by atoms with Gasteiger partial charge in [0, 0.05) is 41.6 Å². The van der Waals surface area contributed by atoms with E-state index in [-0.39, 0.29) is 79.9 Å². The molecule has 1 aromatic heterocycles. The number of allylic oxidation sites excluding steroid dienone is 8. The Labute approximate surface area is 412 Å². The molecule has 14 nitrogen and oxygen atoms in total. The van der Waals surface area contributed by atoms with Gasteiger partial charge >= 0.3 is 5.97 Å². The van der Waals surface area contributed by atoms with Gasteiger partial charge in [0.1, 0.15) is 34.2 Å². The Kier molecular flexibility index (Phi) is 16.1. The number of aromatic hydroxyl groups is 2. The molecule has 5 atom stereocenters. The summed E-state index contributed by atoms with van der Waals surface area (Å²) in [6.45, 7) is 18.6. The Hall–Kier alpha value is -5.86. The summed E-state index contributed by atoms with van der Waals surface area (Å²) in [6, 6.07) is 2.03. The van der Waals surface area contributed by atoms with E-state index in [1.54, 1.807) is 16.7 Å². The number of hydrogen-bond acceptors (Lipinski definition) is 12. The number of aliphatic hydroxyl groups is 2. The minimum Gasteiger partial charge on any atom is -0.508 e. The molecule has 4 N–H and O–H groups in total. The number of carbonyl (C=O) groups is 3. The molecular formula is C56H73N3O11. The van der Waals surface area contributed by atoms with E-state index < -0.39 is 41.3 Å². The van der Waals surface area contributed by atoms with Crippen molar-refractivity contribution in [3.63, 3.8) is 0 Å². The number of oxazole rings is 1. The molecule has 0 saturated carbocycles. The van der Waals surface area contributed by atoms with Crippen LogP contribution in [0.15, 0.2) is 69.5 Å². The molecule has 0 spiro atoms. The molecule has 4 aliphatic rings. The Morgan fingerprint density at radius 1 is 0.771 bits per heavy atom. The summed E-state index contributed by atoms with van der Waals surface area (Å²) in [5, 5.41) is 45.3. The molecule has 2 aromatic carbocycles. The highest BCUT2D eigenvalue weighted by Gasteiger charge is 2.47. The van der Waals surface area contributed by atoms with Crippen molar-refractivity contribution in [1.82, 2.24) is 14.8 Å². The van der Waals surface area contributed by atoms with E-state index in [1.807, 2.05) is 13.8 Å². The molecule has 3 aromatic rings. The highest BCUT2D eigenvalue weighted by Crippen LogP contribution is 2.49. The van der Waals surface area contributed by atoms with Crippen molar-refractivity contribution in [2.45, 2.75) is 182 Å². The Balaban J connectivity index is 1.09. The highest BCUT2D eigenvalue weighted by molar-refractivity contribution is 6.01. The van der Waals surface area contributed by atoms with Crippen LogP contribution in [0.1, 0.15) is 192 Å². The largest absolute Gasteiger partial charge is 0.508 e. The first-order valence-corrected chi connectivity index (χ1v) is 25.0. The zero-order valence-electron chi connectivity index (χ0n) is 42.6. The fourth-order valence-corrected chi connectivity index (χ4v) is 10.3. The summed E-state index contributed by atoms with van der Waals surface area (Å²) in [6.07, 6.45) is 15.2. The lowest BCUT2D eigenvalue weighted by Crippen LogP contribution is -2.49. The number of ether oxygens (including phenoxy) is 3. The van der Waals surface area contributed by atoms with Gasteiger partial charge in [-0.1, -0.05) is 46.6 Å². The summed E-state index contributed by atoms with van der Waals surface area (Å²) in [5.41, 5.74) is 5.72. The molecule has 0 fully saturated rings. The third kappa shape index (κ3) is 11.0. The average Bonchev–Trinajstić information content (AvgIpc) is 4.00. The van der Waals surface area contributed by atoms with Gasteiger partial charge in [-0.3, -0.25) is 9.59 Å². The van der Waals surface area contributed by atoms with Gasteiger partial charge in [-0.25, -0.2) is 9.78 Å². The standard InChI is InChI=1S/C56H73N3O11/c1-10-67-54(66)48-51(68-32-57-48)43(59-31-42-38(53(59)65)27-45(61)40-29-47(63)56(9,70-50(40)42)24-14-21-36(7)19-12-17-34(4)5)22-15-25-58-30-41-37(52(58)64)26-44(60)39-28-46(62)55(8,69-49(39)41)23-13-20-35(6)18-11-16-33(2)3/h16-17,20-21,26-27,32,43,46-47,60-63H,10-15,18-19,22-25,28-31H2,1-9H3/b35-20+,36-21+/t43-,46-,47-,55+,56+/m0/s1. The van der Waals surface area contributed by atoms with Crippen molar-refractivity contribution in [3.05, 3.63) is 110 Å². The van der Waals surface area contributed by atoms with Crippen molar-refractivity contribution in [3.8, 4) is 23.0 Å². The summed E-state index contributed by atoms with van der Waals surface area (Å²) in [5.74, 6) is -0.739. The number of aromatic nitrogens is 1. The van der Waals surface area contributed by atoms with Gasteiger partial charge in [0.05, 0.1) is 49.1 Å². The maximum Gasteiger partial charge on any atom is 0.360 e. The van der Waals surface area contributed by atoms with Crippen LogP contribution in [0, 0.1) is 0 Å². The molecule has 0 saturated heterocycles. The number of benzene rings is 2. The minimum atomic E-state index is -1.01. The molecular weight excluding hydrogens is 891 g/mol. The summed E-state index contributed by atoms with van der Waals surface area (Å²) < 4.78 is 24.6. The number of esters is 1. The summed E-state index contributed by atoms with van der Waals surface area (Å²) >= 11 is 0. The van der Waals surface area contributed by atoms with Gasteiger partial charge in [0.15, 0.2) is 17.8 Å². The molecule has 4 aliphatic heterocycles. The molecule has 5 heterocycles. The summed E-state index contributed by atoms with van der Waals surface area (Å²) in [4.78, 5) is 49.4. The molecule has 7 rings (SSSR count). The smallest absolute Gasteiger partial charge is 0.360 e. The lowest BCUT2D eigenvalue weighted by atomic mass is 9.84. The maximum absolute atomic E-state index is 14.6. The van der Waals surface area contributed by atoms with Crippen molar-refractivity contribution in [1.29, 1.82) is 0 Å². The van der Waals surface area contributed by atoms with E-state index in [4.69, 9.17) is 18.6 Å². The van der Waals surface area contributed by atoms with Gasteiger partial charge in [-0.2, -0.15) is 0 Å². The predicted octanol–water partition coefficient (Wildman–Crippen LogP) is 10.5. The first kappa shape index (κ1) is 52.0. The Bertz CT molecular complexity index is 2600. The molecule has 0 aliphatic carbocycles. The number of rotatable bonds is 20. The molecule has 70 heavy (non-hydrogen) atoms. The quantitative estimate of drug-likeness (QED) is 0.0620. The van der Waals surface area contributed by atoms with Gasteiger partial charge < -0.3 is 48.9 Å². The lowest BCUT2D eigenvalue weighted by Gasteiger charge is -2.41. The predicted molar refractivity (Wildman–Crippen MR) is 266 cm³/mol. The highest BCUT2D eigenvalue weighted by atomic mass is 16.5. The van der Waals surface area contributed by atoms with E-state index in [2.05, 4.69) is 70.8 Å². The Morgan fingerprint density at radius 3 is 1.80 bits per heavy atom.